The molecule has 0 atom stereocenters. The van der Waals surface area contributed by atoms with Crippen molar-refractivity contribution in [3.63, 3.8) is 0 Å². The van der Waals surface area contributed by atoms with Gasteiger partial charge in [-0.3, -0.25) is 4.79 Å². The molecule has 148 valence electrons. The number of aromatic nitrogens is 3. The van der Waals surface area contributed by atoms with E-state index in [0.29, 0.717) is 47.9 Å². The summed E-state index contributed by atoms with van der Waals surface area (Å²) in [4.78, 5) is 26.1. The second-order valence-electron chi connectivity index (χ2n) is 6.60. The summed E-state index contributed by atoms with van der Waals surface area (Å²) >= 11 is 6.13. The molecule has 3 N–H and O–H groups in total. The minimum Gasteiger partial charge on any atom is -0.485 e. The van der Waals surface area contributed by atoms with Gasteiger partial charge in [-0.25, -0.2) is 9.97 Å². The number of hydrogen-bond acceptors (Lipinski definition) is 7. The van der Waals surface area contributed by atoms with E-state index in [1.165, 1.54) is 6.33 Å². The Bertz CT molecular complexity index is 1030. The van der Waals surface area contributed by atoms with Crippen LogP contribution in [0.5, 0.6) is 5.75 Å². The Morgan fingerprint density at radius 1 is 1.21 bits per heavy atom. The van der Waals surface area contributed by atoms with Crippen molar-refractivity contribution in [2.24, 2.45) is 5.73 Å². The van der Waals surface area contributed by atoms with E-state index in [1.807, 2.05) is 29.2 Å². The topological polar surface area (TPSA) is 106 Å². The van der Waals surface area contributed by atoms with Crippen molar-refractivity contribution in [1.29, 1.82) is 0 Å². The Morgan fingerprint density at radius 3 is 2.83 bits per heavy atom. The first-order chi connectivity index (χ1) is 14.1. The molecule has 8 nitrogen and oxygen atoms in total. The maximum atomic E-state index is 11.3. The molecule has 0 bridgehead atoms. The normalized spacial score (nSPS) is 13.6. The first-order valence-corrected chi connectivity index (χ1v) is 9.44. The first-order valence-electron chi connectivity index (χ1n) is 9.06. The SMILES string of the molecule is NC(=O)c1cccc(CNc2ncnc(N3CC(Oc4ccccc4Cl)C3)n2)c1. The third-order valence-electron chi connectivity index (χ3n) is 4.48. The number of carbonyl (C=O) groups is 1. The van der Waals surface area contributed by atoms with Gasteiger partial charge in [-0.1, -0.05) is 35.9 Å². The number of amides is 1. The lowest BCUT2D eigenvalue weighted by atomic mass is 10.1. The largest absolute Gasteiger partial charge is 0.485 e. The van der Waals surface area contributed by atoms with Crippen LogP contribution in [-0.2, 0) is 6.54 Å². The van der Waals surface area contributed by atoms with Gasteiger partial charge in [-0.05, 0) is 29.8 Å². The molecule has 0 unspecified atom stereocenters. The van der Waals surface area contributed by atoms with Crippen molar-refractivity contribution in [3.8, 4) is 5.75 Å². The van der Waals surface area contributed by atoms with E-state index in [4.69, 9.17) is 22.1 Å². The molecule has 4 rings (SSSR count). The molecule has 2 aromatic carbocycles. The average Bonchev–Trinajstić information content (AvgIpc) is 2.70. The molecule has 1 aliphatic heterocycles. The molecule has 1 fully saturated rings. The standard InChI is InChI=1S/C20H19ClN6O2/c21-16-6-1-2-7-17(16)29-15-10-27(11-15)20-25-12-24-19(26-20)23-9-13-4-3-5-14(8-13)18(22)28/h1-8,12,15H,9-11H2,(H2,22,28)(H,23,24,25,26). The molecule has 3 aromatic rings. The molecule has 9 heteroatoms. The second kappa shape index (κ2) is 8.32. The molecule has 0 saturated carbocycles. The minimum atomic E-state index is -0.458. The van der Waals surface area contributed by atoms with E-state index in [1.54, 1.807) is 24.3 Å². The Balaban J connectivity index is 1.33. The van der Waals surface area contributed by atoms with Crippen molar-refractivity contribution in [2.75, 3.05) is 23.3 Å². The summed E-state index contributed by atoms with van der Waals surface area (Å²) in [6, 6.07) is 14.5. The number of carbonyl (C=O) groups excluding carboxylic acids is 1. The molecule has 0 spiro atoms. The number of benzene rings is 2. The van der Waals surface area contributed by atoms with Gasteiger partial charge in [-0.2, -0.15) is 4.98 Å². The van der Waals surface area contributed by atoms with E-state index in [9.17, 15) is 4.79 Å². The lowest BCUT2D eigenvalue weighted by Crippen LogP contribution is -2.54. The van der Waals surface area contributed by atoms with E-state index in [2.05, 4.69) is 20.3 Å². The summed E-state index contributed by atoms with van der Waals surface area (Å²) in [6.07, 6.45) is 1.49. The van der Waals surface area contributed by atoms with Gasteiger partial charge in [0.15, 0.2) is 0 Å². The Morgan fingerprint density at radius 2 is 2.03 bits per heavy atom. The average molecular weight is 411 g/mol. The lowest BCUT2D eigenvalue weighted by Gasteiger charge is -2.38. The molecule has 29 heavy (non-hydrogen) atoms. The van der Waals surface area contributed by atoms with Crippen LogP contribution in [0.3, 0.4) is 0 Å². The predicted molar refractivity (Wildman–Crippen MR) is 110 cm³/mol. The molecular formula is C20H19ClN6O2. The van der Waals surface area contributed by atoms with Crippen molar-refractivity contribution in [3.05, 3.63) is 71.0 Å². The molecule has 0 radical (unpaired) electrons. The van der Waals surface area contributed by atoms with Gasteiger partial charge in [0.1, 0.15) is 18.2 Å². The molecular weight excluding hydrogens is 392 g/mol. The maximum absolute atomic E-state index is 11.3. The summed E-state index contributed by atoms with van der Waals surface area (Å²) in [6.45, 7) is 1.79. The van der Waals surface area contributed by atoms with Gasteiger partial charge in [0.2, 0.25) is 17.8 Å². The number of ether oxygens (including phenoxy) is 1. The van der Waals surface area contributed by atoms with Crippen molar-refractivity contribution < 1.29 is 9.53 Å². The quantitative estimate of drug-likeness (QED) is 0.616. The third-order valence-corrected chi connectivity index (χ3v) is 4.79. The van der Waals surface area contributed by atoms with Crippen LogP contribution in [-0.4, -0.2) is 40.1 Å². The molecule has 2 heterocycles. The molecule has 0 aliphatic carbocycles. The molecule has 1 aliphatic rings. The van der Waals surface area contributed by atoms with E-state index in [0.717, 1.165) is 5.56 Å². The lowest BCUT2D eigenvalue weighted by molar-refractivity contribution is 0.1000. The number of para-hydroxylation sites is 1. The van der Waals surface area contributed by atoms with Gasteiger partial charge in [0.25, 0.3) is 0 Å². The maximum Gasteiger partial charge on any atom is 0.248 e. The fourth-order valence-electron chi connectivity index (χ4n) is 2.94. The van der Waals surface area contributed by atoms with Gasteiger partial charge in [0, 0.05) is 12.1 Å². The highest BCUT2D eigenvalue weighted by Crippen LogP contribution is 2.27. The predicted octanol–water partition coefficient (Wildman–Crippen LogP) is 2.50. The van der Waals surface area contributed by atoms with Crippen molar-refractivity contribution in [2.45, 2.75) is 12.6 Å². The highest BCUT2D eigenvalue weighted by Gasteiger charge is 2.31. The molecule has 1 amide bonds. The monoisotopic (exact) mass is 410 g/mol. The highest BCUT2D eigenvalue weighted by atomic mass is 35.5. The molecule has 1 saturated heterocycles. The Hall–Kier alpha value is -3.39. The van der Waals surface area contributed by atoms with Crippen LogP contribution < -0.4 is 20.7 Å². The number of nitrogens with zero attached hydrogens (tertiary/aromatic N) is 4. The van der Waals surface area contributed by atoms with Gasteiger partial charge in [-0.15, -0.1) is 0 Å². The number of anilines is 2. The number of rotatable bonds is 7. The zero-order chi connectivity index (χ0) is 20.2. The Kier molecular flexibility index (Phi) is 5.44. The summed E-state index contributed by atoms with van der Waals surface area (Å²) in [5.41, 5.74) is 6.68. The van der Waals surface area contributed by atoms with Gasteiger partial charge >= 0.3 is 0 Å². The summed E-state index contributed by atoms with van der Waals surface area (Å²) in [5, 5.41) is 3.73. The van der Waals surface area contributed by atoms with Crippen LogP contribution in [0.1, 0.15) is 15.9 Å². The summed E-state index contributed by atoms with van der Waals surface area (Å²) in [5.74, 6) is 1.25. The Labute approximate surface area is 172 Å². The van der Waals surface area contributed by atoms with E-state index < -0.39 is 5.91 Å². The number of nitrogens with two attached hydrogens (primary N) is 1. The molecule has 1 aromatic heterocycles. The van der Waals surface area contributed by atoms with E-state index in [-0.39, 0.29) is 6.10 Å². The second-order valence-corrected chi connectivity index (χ2v) is 7.01. The van der Waals surface area contributed by atoms with Crippen LogP contribution in [0, 0.1) is 0 Å². The van der Waals surface area contributed by atoms with Crippen LogP contribution in [0.25, 0.3) is 0 Å². The number of hydrogen-bond donors (Lipinski definition) is 2. The zero-order valence-electron chi connectivity index (χ0n) is 15.5. The van der Waals surface area contributed by atoms with Crippen LogP contribution in [0.4, 0.5) is 11.9 Å². The zero-order valence-corrected chi connectivity index (χ0v) is 16.2. The fourth-order valence-corrected chi connectivity index (χ4v) is 3.12. The first kappa shape index (κ1) is 18.9. The van der Waals surface area contributed by atoms with Gasteiger partial charge in [0.05, 0.1) is 18.1 Å². The number of primary amides is 1. The smallest absolute Gasteiger partial charge is 0.248 e. The van der Waals surface area contributed by atoms with Crippen LogP contribution in [0.15, 0.2) is 54.9 Å². The third kappa shape index (κ3) is 4.55. The number of nitrogens with one attached hydrogen (secondary N) is 1. The fraction of sp³-hybridized carbons (Fsp3) is 0.200. The number of halogens is 1. The minimum absolute atomic E-state index is 0.0274. The highest BCUT2D eigenvalue weighted by molar-refractivity contribution is 6.32. The van der Waals surface area contributed by atoms with Crippen molar-refractivity contribution in [1.82, 2.24) is 15.0 Å². The summed E-state index contributed by atoms with van der Waals surface area (Å²) < 4.78 is 5.90. The van der Waals surface area contributed by atoms with Crippen LogP contribution in [0.2, 0.25) is 5.02 Å². The summed E-state index contributed by atoms with van der Waals surface area (Å²) in [7, 11) is 0. The van der Waals surface area contributed by atoms with Crippen molar-refractivity contribution >= 4 is 29.4 Å². The van der Waals surface area contributed by atoms with E-state index >= 15 is 0 Å². The van der Waals surface area contributed by atoms with Crippen LogP contribution >= 0.6 is 11.6 Å². The van der Waals surface area contributed by atoms with Gasteiger partial charge < -0.3 is 20.7 Å².